The van der Waals surface area contributed by atoms with Crippen molar-refractivity contribution < 1.29 is 19.4 Å². The van der Waals surface area contributed by atoms with E-state index in [4.69, 9.17) is 14.6 Å². The molecule has 2 saturated heterocycles. The maximum absolute atomic E-state index is 10.5. The zero-order valence-electron chi connectivity index (χ0n) is 15.1. The van der Waals surface area contributed by atoms with E-state index in [1.165, 1.54) is 38.5 Å². The third kappa shape index (κ3) is 6.21. The molecule has 0 aromatic carbocycles. The number of carbonyl (C=O) groups is 1. The van der Waals surface area contributed by atoms with Crippen molar-refractivity contribution in [1.82, 2.24) is 0 Å². The van der Waals surface area contributed by atoms with E-state index in [-0.39, 0.29) is 6.42 Å². The van der Waals surface area contributed by atoms with E-state index >= 15 is 0 Å². The van der Waals surface area contributed by atoms with Crippen LogP contribution in [0.3, 0.4) is 0 Å². The molecule has 4 nitrogen and oxygen atoms in total. The molecule has 0 unspecified atom stereocenters. The van der Waals surface area contributed by atoms with Crippen molar-refractivity contribution in [2.24, 2.45) is 11.8 Å². The normalized spacial score (nSPS) is 28.9. The average molecular weight is 338 g/mol. The van der Waals surface area contributed by atoms with Gasteiger partial charge in [-0.2, -0.15) is 0 Å². The molecule has 2 aliphatic rings. The Morgan fingerprint density at radius 1 is 1.12 bits per heavy atom. The fourth-order valence-electron chi connectivity index (χ4n) is 4.02. The minimum atomic E-state index is -0.707. The number of carboxylic acid groups (broad SMARTS) is 1. The van der Waals surface area contributed by atoms with Crippen LogP contribution in [0.2, 0.25) is 0 Å². The third-order valence-corrected chi connectivity index (χ3v) is 5.38. The van der Waals surface area contributed by atoms with Crippen LogP contribution in [0.15, 0.2) is 12.2 Å². The van der Waals surface area contributed by atoms with Gasteiger partial charge in [0, 0.05) is 18.9 Å². The molecule has 2 fully saturated rings. The summed E-state index contributed by atoms with van der Waals surface area (Å²) in [5, 5.41) is 8.64. The van der Waals surface area contributed by atoms with Crippen molar-refractivity contribution in [2.45, 2.75) is 83.3 Å². The first-order valence-electron chi connectivity index (χ1n) is 9.82. The molecule has 138 valence electrons. The van der Waals surface area contributed by atoms with E-state index in [9.17, 15) is 4.79 Å². The number of carboxylic acids is 1. The van der Waals surface area contributed by atoms with E-state index in [1.807, 2.05) is 0 Å². The summed E-state index contributed by atoms with van der Waals surface area (Å²) in [5.74, 6) is 0.412. The van der Waals surface area contributed by atoms with Crippen LogP contribution in [0.25, 0.3) is 0 Å². The van der Waals surface area contributed by atoms with Gasteiger partial charge in [0.1, 0.15) is 0 Å². The van der Waals surface area contributed by atoms with E-state index in [2.05, 4.69) is 19.1 Å². The van der Waals surface area contributed by atoms with Gasteiger partial charge in [-0.25, -0.2) is 0 Å². The van der Waals surface area contributed by atoms with Gasteiger partial charge in [0.2, 0.25) is 0 Å². The van der Waals surface area contributed by atoms with Crippen LogP contribution in [0.5, 0.6) is 0 Å². The number of hydrogen-bond acceptors (Lipinski definition) is 3. The van der Waals surface area contributed by atoms with Crippen molar-refractivity contribution in [3.63, 3.8) is 0 Å². The minimum Gasteiger partial charge on any atom is -0.481 e. The summed E-state index contributed by atoms with van der Waals surface area (Å²) in [6.45, 7) is 3.95. The molecule has 0 spiro atoms. The van der Waals surface area contributed by atoms with Crippen LogP contribution in [0, 0.1) is 11.8 Å². The van der Waals surface area contributed by atoms with Gasteiger partial charge in [0.25, 0.3) is 0 Å². The lowest BCUT2D eigenvalue weighted by Crippen LogP contribution is -2.30. The molecule has 0 saturated carbocycles. The Morgan fingerprint density at radius 3 is 2.67 bits per heavy atom. The summed E-state index contributed by atoms with van der Waals surface area (Å²) >= 11 is 0. The van der Waals surface area contributed by atoms with Crippen molar-refractivity contribution in [1.29, 1.82) is 0 Å². The molecule has 0 aromatic heterocycles. The highest BCUT2D eigenvalue weighted by molar-refractivity contribution is 5.66. The highest BCUT2D eigenvalue weighted by Crippen LogP contribution is 2.45. The molecule has 1 N–H and O–H groups in total. The second-order valence-electron chi connectivity index (χ2n) is 7.25. The zero-order chi connectivity index (χ0) is 17.2. The highest BCUT2D eigenvalue weighted by atomic mass is 16.5. The number of unbranched alkanes of at least 4 members (excludes halogenated alkanes) is 4. The number of hydrogen-bond donors (Lipinski definition) is 1. The van der Waals surface area contributed by atoms with E-state index in [1.54, 1.807) is 0 Å². The Morgan fingerprint density at radius 2 is 1.92 bits per heavy atom. The number of fused-ring (bicyclic) bond motifs is 2. The van der Waals surface area contributed by atoms with Gasteiger partial charge in [-0.3, -0.25) is 4.79 Å². The van der Waals surface area contributed by atoms with Crippen LogP contribution in [0.1, 0.15) is 71.1 Å². The first-order valence-corrected chi connectivity index (χ1v) is 9.82. The van der Waals surface area contributed by atoms with Gasteiger partial charge in [0.15, 0.2) is 0 Å². The average Bonchev–Trinajstić information content (AvgIpc) is 3.15. The molecule has 2 rings (SSSR count). The largest absolute Gasteiger partial charge is 0.481 e. The van der Waals surface area contributed by atoms with Crippen molar-refractivity contribution >= 4 is 5.97 Å². The Bertz CT molecular complexity index is 393. The van der Waals surface area contributed by atoms with Crippen molar-refractivity contribution in [3.8, 4) is 0 Å². The van der Waals surface area contributed by atoms with Crippen LogP contribution in [0.4, 0.5) is 0 Å². The lowest BCUT2D eigenvalue weighted by molar-refractivity contribution is -0.137. The smallest absolute Gasteiger partial charge is 0.303 e. The van der Waals surface area contributed by atoms with E-state index < -0.39 is 5.97 Å². The molecule has 0 aliphatic carbocycles. The van der Waals surface area contributed by atoms with Crippen molar-refractivity contribution in [2.75, 3.05) is 13.2 Å². The highest BCUT2D eigenvalue weighted by Gasteiger charge is 2.48. The topological polar surface area (TPSA) is 55.8 Å². The van der Waals surface area contributed by atoms with Gasteiger partial charge >= 0.3 is 5.97 Å². The van der Waals surface area contributed by atoms with Gasteiger partial charge in [0.05, 0.1) is 18.8 Å². The predicted molar refractivity (Wildman–Crippen MR) is 95.1 cm³/mol. The standard InChI is InChI=1S/C20H34O4/c1-2-3-4-9-14-23-15-17-16(18-12-13-19(17)24-18)10-7-5-6-8-11-20(21)22/h5,7,16-19H,2-4,6,8-15H2,1H3,(H,21,22)/t16-,17-,18-,19+/m1/s1. The molecular formula is C20H34O4. The second-order valence-corrected chi connectivity index (χ2v) is 7.25. The van der Waals surface area contributed by atoms with Crippen LogP contribution >= 0.6 is 0 Å². The summed E-state index contributed by atoms with van der Waals surface area (Å²) in [7, 11) is 0. The molecule has 0 aromatic rings. The summed E-state index contributed by atoms with van der Waals surface area (Å²) in [6, 6.07) is 0. The van der Waals surface area contributed by atoms with Gasteiger partial charge < -0.3 is 14.6 Å². The molecule has 0 radical (unpaired) electrons. The molecule has 2 aliphatic heterocycles. The van der Waals surface area contributed by atoms with Gasteiger partial charge in [-0.05, 0) is 44.4 Å². The first-order chi connectivity index (χ1) is 11.7. The predicted octanol–water partition coefficient (Wildman–Crippen LogP) is 4.58. The molecule has 24 heavy (non-hydrogen) atoms. The minimum absolute atomic E-state index is 0.260. The Hall–Kier alpha value is -0.870. The Kier molecular flexibility index (Phi) is 8.82. The maximum atomic E-state index is 10.5. The molecule has 2 bridgehead atoms. The van der Waals surface area contributed by atoms with Crippen LogP contribution in [-0.2, 0) is 14.3 Å². The monoisotopic (exact) mass is 338 g/mol. The molecule has 2 heterocycles. The quantitative estimate of drug-likeness (QED) is 0.394. The van der Waals surface area contributed by atoms with Gasteiger partial charge in [-0.1, -0.05) is 38.3 Å². The number of rotatable bonds is 13. The molecule has 4 heteroatoms. The fourth-order valence-corrected chi connectivity index (χ4v) is 4.02. The van der Waals surface area contributed by atoms with Crippen LogP contribution in [-0.4, -0.2) is 36.5 Å². The summed E-state index contributed by atoms with van der Waals surface area (Å²) in [6.07, 6.45) is 15.4. The lowest BCUT2D eigenvalue weighted by Gasteiger charge is -2.27. The van der Waals surface area contributed by atoms with Crippen molar-refractivity contribution in [3.05, 3.63) is 12.2 Å². The number of aliphatic carboxylic acids is 1. The second kappa shape index (κ2) is 10.9. The summed E-state index contributed by atoms with van der Waals surface area (Å²) in [4.78, 5) is 10.5. The maximum Gasteiger partial charge on any atom is 0.303 e. The zero-order valence-corrected chi connectivity index (χ0v) is 15.1. The SMILES string of the molecule is CCCCCCOC[C@@H]1[C@@H](CC=CCCCC(=O)O)[C@H]2CC[C@@H]1O2. The first kappa shape index (κ1) is 19.5. The summed E-state index contributed by atoms with van der Waals surface area (Å²) in [5.41, 5.74) is 0. The van der Waals surface area contributed by atoms with Gasteiger partial charge in [-0.15, -0.1) is 0 Å². The number of ether oxygens (including phenoxy) is 2. The lowest BCUT2D eigenvalue weighted by atomic mass is 9.78. The van der Waals surface area contributed by atoms with E-state index in [0.717, 1.165) is 32.5 Å². The van der Waals surface area contributed by atoms with Crippen LogP contribution < -0.4 is 0 Å². The molecule has 0 amide bonds. The fraction of sp³-hybridized carbons (Fsp3) is 0.850. The summed E-state index contributed by atoms with van der Waals surface area (Å²) < 4.78 is 12.1. The number of allylic oxidation sites excluding steroid dienone is 2. The molecular weight excluding hydrogens is 304 g/mol. The third-order valence-electron chi connectivity index (χ3n) is 5.38. The Labute approximate surface area is 146 Å². The molecule has 4 atom stereocenters. The Balaban J connectivity index is 1.65. The van der Waals surface area contributed by atoms with E-state index in [0.29, 0.717) is 24.0 Å².